The molecule has 3 nitrogen and oxygen atoms in total. The highest BCUT2D eigenvalue weighted by atomic mass is 16.5. The Balaban J connectivity index is 2.54. The molecule has 3 heteroatoms. The predicted octanol–water partition coefficient (Wildman–Crippen LogP) is 1.94. The highest BCUT2D eigenvalue weighted by Gasteiger charge is 2.45. The molecule has 1 aromatic carbocycles. The standard InChI is InChI=1S/C11H10O3/c1-7-8-5-3-4-6-9(8)14-11(7,2)10(12)13/h3-6H,1H2,2H3,(H,12,13)/t11-/m0/s1. The van der Waals surface area contributed by atoms with E-state index >= 15 is 0 Å². The average Bonchev–Trinajstić information content (AvgIpc) is 2.42. The lowest BCUT2D eigenvalue weighted by Gasteiger charge is -2.19. The van der Waals surface area contributed by atoms with E-state index in [1.54, 1.807) is 12.1 Å². The Labute approximate surface area is 81.6 Å². The normalized spacial score (nSPS) is 24.2. The maximum atomic E-state index is 11.0. The number of fused-ring (bicyclic) bond motifs is 1. The molecule has 0 saturated heterocycles. The smallest absolute Gasteiger partial charge is 0.352 e. The van der Waals surface area contributed by atoms with E-state index in [0.717, 1.165) is 5.56 Å². The first-order valence-electron chi connectivity index (χ1n) is 4.27. The summed E-state index contributed by atoms with van der Waals surface area (Å²) in [6, 6.07) is 7.20. The molecular weight excluding hydrogens is 180 g/mol. The Morgan fingerprint density at radius 1 is 1.50 bits per heavy atom. The van der Waals surface area contributed by atoms with E-state index in [0.29, 0.717) is 11.3 Å². The summed E-state index contributed by atoms with van der Waals surface area (Å²) >= 11 is 0. The highest BCUT2D eigenvalue weighted by molar-refractivity contribution is 5.98. The topological polar surface area (TPSA) is 46.5 Å². The van der Waals surface area contributed by atoms with Crippen LogP contribution in [0.1, 0.15) is 12.5 Å². The molecule has 0 saturated carbocycles. The molecule has 72 valence electrons. The molecule has 0 fully saturated rings. The molecule has 1 aliphatic rings. The van der Waals surface area contributed by atoms with Crippen LogP contribution in [-0.4, -0.2) is 16.7 Å². The van der Waals surface area contributed by atoms with Gasteiger partial charge in [0.1, 0.15) is 5.75 Å². The number of carbonyl (C=O) groups is 1. The molecule has 1 atom stereocenters. The van der Waals surface area contributed by atoms with E-state index in [4.69, 9.17) is 9.84 Å². The molecular formula is C11H10O3. The van der Waals surface area contributed by atoms with Gasteiger partial charge in [-0.05, 0) is 13.0 Å². The molecule has 0 aromatic heterocycles. The van der Waals surface area contributed by atoms with Crippen molar-refractivity contribution in [1.29, 1.82) is 0 Å². The molecule has 1 heterocycles. The summed E-state index contributed by atoms with van der Waals surface area (Å²) in [4.78, 5) is 11.0. The zero-order chi connectivity index (χ0) is 10.3. The first kappa shape index (κ1) is 8.81. The van der Waals surface area contributed by atoms with Crippen molar-refractivity contribution in [2.75, 3.05) is 0 Å². The Morgan fingerprint density at radius 2 is 2.14 bits per heavy atom. The molecule has 0 spiro atoms. The fraction of sp³-hybridized carbons (Fsp3) is 0.182. The minimum absolute atomic E-state index is 0.501. The van der Waals surface area contributed by atoms with Crippen LogP contribution in [0.4, 0.5) is 0 Å². The number of carboxylic acid groups (broad SMARTS) is 1. The van der Waals surface area contributed by atoms with Crippen molar-refractivity contribution in [3.63, 3.8) is 0 Å². The summed E-state index contributed by atoms with van der Waals surface area (Å²) in [6.07, 6.45) is 0. The minimum atomic E-state index is -1.32. The van der Waals surface area contributed by atoms with Crippen molar-refractivity contribution in [2.45, 2.75) is 12.5 Å². The van der Waals surface area contributed by atoms with E-state index in [2.05, 4.69) is 6.58 Å². The summed E-state index contributed by atoms with van der Waals surface area (Å²) < 4.78 is 5.37. The van der Waals surface area contributed by atoms with Crippen molar-refractivity contribution >= 4 is 11.5 Å². The van der Waals surface area contributed by atoms with Crippen LogP contribution in [0.15, 0.2) is 30.8 Å². The lowest BCUT2D eigenvalue weighted by Crippen LogP contribution is -2.38. The lowest BCUT2D eigenvalue weighted by atomic mass is 9.94. The van der Waals surface area contributed by atoms with Crippen molar-refractivity contribution in [1.82, 2.24) is 0 Å². The van der Waals surface area contributed by atoms with Crippen molar-refractivity contribution in [3.05, 3.63) is 36.4 Å². The molecule has 0 unspecified atom stereocenters. The minimum Gasteiger partial charge on any atom is -0.478 e. The fourth-order valence-electron chi connectivity index (χ4n) is 1.52. The molecule has 1 N–H and O–H groups in total. The first-order valence-corrected chi connectivity index (χ1v) is 4.27. The molecule has 0 bridgehead atoms. The van der Waals surface area contributed by atoms with E-state index < -0.39 is 11.6 Å². The third kappa shape index (κ3) is 0.954. The second-order valence-corrected chi connectivity index (χ2v) is 3.42. The largest absolute Gasteiger partial charge is 0.478 e. The van der Waals surface area contributed by atoms with Crippen LogP contribution in [-0.2, 0) is 4.79 Å². The Kier molecular flexibility index (Phi) is 1.64. The molecule has 14 heavy (non-hydrogen) atoms. The number of hydrogen-bond donors (Lipinski definition) is 1. The second-order valence-electron chi connectivity index (χ2n) is 3.42. The zero-order valence-corrected chi connectivity index (χ0v) is 7.78. The number of carboxylic acids is 1. The lowest BCUT2D eigenvalue weighted by molar-refractivity contribution is -0.148. The Hall–Kier alpha value is -1.77. The van der Waals surface area contributed by atoms with Gasteiger partial charge in [-0.15, -0.1) is 0 Å². The Morgan fingerprint density at radius 3 is 2.71 bits per heavy atom. The van der Waals surface area contributed by atoms with Crippen LogP contribution in [0.5, 0.6) is 5.75 Å². The SMILES string of the molecule is C=C1c2ccccc2O[C@]1(C)C(=O)O. The predicted molar refractivity (Wildman–Crippen MR) is 52.1 cm³/mol. The molecule has 0 aliphatic carbocycles. The molecule has 1 aromatic rings. The fourth-order valence-corrected chi connectivity index (χ4v) is 1.52. The second kappa shape index (κ2) is 2.61. The number of rotatable bonds is 1. The maximum Gasteiger partial charge on any atom is 0.352 e. The zero-order valence-electron chi connectivity index (χ0n) is 7.78. The van der Waals surface area contributed by atoms with Gasteiger partial charge in [0.2, 0.25) is 5.60 Å². The third-order valence-corrected chi connectivity index (χ3v) is 2.51. The van der Waals surface area contributed by atoms with Crippen LogP contribution in [0.2, 0.25) is 0 Å². The van der Waals surface area contributed by atoms with Crippen LogP contribution < -0.4 is 4.74 Å². The summed E-state index contributed by atoms with van der Waals surface area (Å²) in [5, 5.41) is 9.03. The van der Waals surface area contributed by atoms with Crippen LogP contribution >= 0.6 is 0 Å². The third-order valence-electron chi connectivity index (χ3n) is 2.51. The van der Waals surface area contributed by atoms with Gasteiger partial charge in [0.05, 0.1) is 0 Å². The van der Waals surface area contributed by atoms with Gasteiger partial charge in [-0.1, -0.05) is 24.8 Å². The first-order chi connectivity index (χ1) is 6.55. The van der Waals surface area contributed by atoms with Gasteiger partial charge >= 0.3 is 5.97 Å². The summed E-state index contributed by atoms with van der Waals surface area (Å²) in [7, 11) is 0. The highest BCUT2D eigenvalue weighted by Crippen LogP contribution is 2.42. The monoisotopic (exact) mass is 190 g/mol. The van der Waals surface area contributed by atoms with Gasteiger partial charge in [0.15, 0.2) is 0 Å². The summed E-state index contributed by atoms with van der Waals surface area (Å²) in [5.41, 5.74) is -0.0399. The number of hydrogen-bond acceptors (Lipinski definition) is 2. The van der Waals surface area contributed by atoms with Gasteiger partial charge in [-0.2, -0.15) is 0 Å². The molecule has 2 rings (SSSR count). The van der Waals surface area contributed by atoms with E-state index in [1.165, 1.54) is 6.92 Å². The van der Waals surface area contributed by atoms with Crippen LogP contribution in [0.25, 0.3) is 5.57 Å². The van der Waals surface area contributed by atoms with E-state index in [9.17, 15) is 4.79 Å². The van der Waals surface area contributed by atoms with Crippen molar-refractivity contribution in [2.24, 2.45) is 0 Å². The summed E-state index contributed by atoms with van der Waals surface area (Å²) in [5.74, 6) is -0.430. The van der Waals surface area contributed by atoms with Gasteiger partial charge in [-0.25, -0.2) is 4.79 Å². The van der Waals surface area contributed by atoms with E-state index in [-0.39, 0.29) is 0 Å². The molecule has 0 amide bonds. The van der Waals surface area contributed by atoms with Gasteiger partial charge in [-0.3, -0.25) is 0 Å². The molecule has 1 aliphatic heterocycles. The van der Waals surface area contributed by atoms with Crippen LogP contribution in [0, 0.1) is 0 Å². The quantitative estimate of drug-likeness (QED) is 0.736. The Bertz CT molecular complexity index is 422. The maximum absolute atomic E-state index is 11.0. The van der Waals surface area contributed by atoms with Gasteiger partial charge in [0, 0.05) is 11.1 Å². The van der Waals surface area contributed by atoms with Crippen molar-refractivity contribution in [3.8, 4) is 5.75 Å². The van der Waals surface area contributed by atoms with Gasteiger partial charge in [0.25, 0.3) is 0 Å². The number of ether oxygens (including phenoxy) is 1. The van der Waals surface area contributed by atoms with Gasteiger partial charge < -0.3 is 9.84 Å². The van der Waals surface area contributed by atoms with Crippen molar-refractivity contribution < 1.29 is 14.6 Å². The number of aliphatic carboxylic acids is 1. The number of benzene rings is 1. The average molecular weight is 190 g/mol. The molecule has 0 radical (unpaired) electrons. The summed E-state index contributed by atoms with van der Waals surface area (Å²) in [6.45, 7) is 5.28. The van der Waals surface area contributed by atoms with Crippen LogP contribution in [0.3, 0.4) is 0 Å². The van der Waals surface area contributed by atoms with E-state index in [1.807, 2.05) is 12.1 Å². The number of para-hydroxylation sites is 1.